The van der Waals surface area contributed by atoms with Crippen molar-refractivity contribution in [3.05, 3.63) is 48.4 Å². The van der Waals surface area contributed by atoms with E-state index in [1.165, 1.54) is 24.5 Å². The van der Waals surface area contributed by atoms with Gasteiger partial charge in [-0.3, -0.25) is 0 Å². The van der Waals surface area contributed by atoms with Crippen molar-refractivity contribution in [3.63, 3.8) is 0 Å². The number of carbonyl (C=O) groups excluding carboxylic acids is 1. The highest BCUT2D eigenvalue weighted by Gasteiger charge is 2.17. The van der Waals surface area contributed by atoms with Gasteiger partial charge in [-0.25, -0.2) is 4.79 Å². The lowest BCUT2D eigenvalue weighted by molar-refractivity contribution is -0.0493. The van der Waals surface area contributed by atoms with E-state index in [9.17, 15) is 18.7 Å². The molecule has 8 heteroatoms. The van der Waals surface area contributed by atoms with Crippen molar-refractivity contribution in [1.82, 2.24) is 5.32 Å². The van der Waals surface area contributed by atoms with Crippen molar-refractivity contribution in [1.29, 1.82) is 0 Å². The van der Waals surface area contributed by atoms with Crippen molar-refractivity contribution < 1.29 is 27.8 Å². The van der Waals surface area contributed by atoms with Crippen molar-refractivity contribution in [2.75, 3.05) is 5.32 Å². The number of rotatable bonds is 7. The maximum Gasteiger partial charge on any atom is 0.387 e. The highest BCUT2D eigenvalue weighted by molar-refractivity contribution is 5.91. The molecule has 1 heterocycles. The summed E-state index contributed by atoms with van der Waals surface area (Å²) in [5.41, 5.74) is 0.120. The lowest BCUT2D eigenvalue weighted by atomic mass is 10.1. The summed E-state index contributed by atoms with van der Waals surface area (Å²) < 4.78 is 34.1. The van der Waals surface area contributed by atoms with E-state index in [0.29, 0.717) is 5.76 Å². The Balaban J connectivity index is 1.89. The number of amides is 2. The summed E-state index contributed by atoms with van der Waals surface area (Å²) in [4.78, 5) is 12.0. The Hall–Kier alpha value is -2.61. The van der Waals surface area contributed by atoms with Crippen LogP contribution in [0.4, 0.5) is 19.3 Å². The number of nitrogens with one attached hydrogen (secondary N) is 2. The van der Waals surface area contributed by atoms with Gasteiger partial charge < -0.3 is 24.9 Å². The zero-order chi connectivity index (χ0) is 17.5. The van der Waals surface area contributed by atoms with E-state index in [2.05, 4.69) is 15.4 Å². The van der Waals surface area contributed by atoms with Gasteiger partial charge in [0.2, 0.25) is 0 Å². The molecule has 0 aliphatic heterocycles. The first kappa shape index (κ1) is 17.7. The van der Waals surface area contributed by atoms with Crippen LogP contribution in [-0.2, 0) is 0 Å². The Kier molecular flexibility index (Phi) is 6.14. The third-order valence-corrected chi connectivity index (χ3v) is 3.18. The van der Waals surface area contributed by atoms with Crippen molar-refractivity contribution >= 4 is 11.7 Å². The van der Waals surface area contributed by atoms with Crippen LogP contribution in [0.1, 0.15) is 25.2 Å². The second-order valence-electron chi connectivity index (χ2n) is 5.14. The molecule has 2 amide bonds. The number of furan rings is 1. The fraction of sp³-hybridized carbons (Fsp3) is 0.312. The molecule has 0 saturated heterocycles. The zero-order valence-corrected chi connectivity index (χ0v) is 12.9. The number of urea groups is 1. The predicted molar refractivity (Wildman–Crippen MR) is 83.0 cm³/mol. The number of hydrogen-bond donors (Lipinski definition) is 3. The number of para-hydroxylation sites is 2. The molecule has 2 rings (SSSR count). The number of anilines is 1. The quantitative estimate of drug-likeness (QED) is 0.720. The Morgan fingerprint density at radius 1 is 1.29 bits per heavy atom. The van der Waals surface area contributed by atoms with E-state index in [1.807, 2.05) is 0 Å². The van der Waals surface area contributed by atoms with E-state index in [0.717, 1.165) is 0 Å². The molecule has 0 fully saturated rings. The monoisotopic (exact) mass is 340 g/mol. The number of carbonyl (C=O) groups is 1. The average molecular weight is 340 g/mol. The highest BCUT2D eigenvalue weighted by Crippen LogP contribution is 2.25. The van der Waals surface area contributed by atoms with Gasteiger partial charge in [-0.1, -0.05) is 12.1 Å². The van der Waals surface area contributed by atoms with E-state index < -0.39 is 18.7 Å². The average Bonchev–Trinajstić information content (AvgIpc) is 3.02. The van der Waals surface area contributed by atoms with Crippen LogP contribution < -0.4 is 15.4 Å². The zero-order valence-electron chi connectivity index (χ0n) is 12.9. The van der Waals surface area contributed by atoms with E-state index in [-0.39, 0.29) is 23.9 Å². The molecule has 2 unspecified atom stereocenters. The summed E-state index contributed by atoms with van der Waals surface area (Å²) in [6.07, 6.45) is 0.823. The number of ether oxygens (including phenoxy) is 1. The van der Waals surface area contributed by atoms with Gasteiger partial charge in [0.1, 0.15) is 17.6 Å². The van der Waals surface area contributed by atoms with Gasteiger partial charge >= 0.3 is 12.6 Å². The first-order valence-electron chi connectivity index (χ1n) is 7.28. The molecule has 0 bridgehead atoms. The summed E-state index contributed by atoms with van der Waals surface area (Å²) in [6.45, 7) is -1.29. The Bertz CT molecular complexity index is 649. The Morgan fingerprint density at radius 3 is 2.71 bits per heavy atom. The molecule has 1 aromatic carbocycles. The molecule has 3 N–H and O–H groups in total. The summed E-state index contributed by atoms with van der Waals surface area (Å²) in [5, 5.41) is 15.0. The second kappa shape index (κ2) is 8.30. The van der Waals surface area contributed by atoms with Gasteiger partial charge in [0.25, 0.3) is 0 Å². The normalized spacial score (nSPS) is 13.4. The van der Waals surface area contributed by atoms with Crippen molar-refractivity contribution in [2.24, 2.45) is 0 Å². The highest BCUT2D eigenvalue weighted by atomic mass is 19.3. The molecule has 6 nitrogen and oxygen atoms in total. The van der Waals surface area contributed by atoms with Crippen molar-refractivity contribution in [3.8, 4) is 5.75 Å². The molecule has 0 aliphatic carbocycles. The lowest BCUT2D eigenvalue weighted by Gasteiger charge is -2.18. The van der Waals surface area contributed by atoms with Gasteiger partial charge in [0.15, 0.2) is 0 Å². The summed E-state index contributed by atoms with van der Waals surface area (Å²) in [7, 11) is 0. The largest absolute Gasteiger partial charge is 0.467 e. The molecule has 0 aliphatic rings. The number of hydrogen-bond acceptors (Lipinski definition) is 4. The van der Waals surface area contributed by atoms with Gasteiger partial charge in [-0.15, -0.1) is 0 Å². The third kappa shape index (κ3) is 5.24. The topological polar surface area (TPSA) is 83.7 Å². The van der Waals surface area contributed by atoms with Gasteiger partial charge in [-0.2, -0.15) is 8.78 Å². The Morgan fingerprint density at radius 2 is 2.04 bits per heavy atom. The minimum atomic E-state index is -2.99. The predicted octanol–water partition coefficient (Wildman–Crippen LogP) is 3.51. The van der Waals surface area contributed by atoms with Crippen molar-refractivity contribution in [2.45, 2.75) is 32.1 Å². The van der Waals surface area contributed by atoms with Crippen LogP contribution in [0.2, 0.25) is 0 Å². The van der Waals surface area contributed by atoms with E-state index >= 15 is 0 Å². The molecule has 2 aromatic rings. The summed E-state index contributed by atoms with van der Waals surface area (Å²) in [6, 6.07) is 8.18. The molecule has 2 atom stereocenters. The molecule has 0 radical (unpaired) electrons. The van der Waals surface area contributed by atoms with Gasteiger partial charge in [-0.05, 0) is 31.2 Å². The second-order valence-corrected chi connectivity index (χ2v) is 5.14. The molecule has 24 heavy (non-hydrogen) atoms. The van der Waals surface area contributed by atoms with Gasteiger partial charge in [0, 0.05) is 12.5 Å². The molecule has 0 saturated carbocycles. The standard InChI is InChI=1S/C16H18F2N2O4/c1-10(9-12(21)14-7-4-8-23-14)19-16(22)20-11-5-2-3-6-13(11)24-15(17)18/h2-8,10,12,15,21H,9H2,1H3,(H2,19,20,22). The summed E-state index contributed by atoms with van der Waals surface area (Å²) >= 11 is 0. The number of benzene rings is 1. The maximum absolute atomic E-state index is 12.3. The first-order valence-corrected chi connectivity index (χ1v) is 7.28. The van der Waals surface area contributed by atoms with E-state index in [1.54, 1.807) is 25.1 Å². The van der Waals surface area contributed by atoms with E-state index in [4.69, 9.17) is 4.42 Å². The minimum absolute atomic E-state index is 0.120. The number of halogens is 2. The number of alkyl halides is 2. The van der Waals surface area contributed by atoms with Crippen LogP contribution in [-0.4, -0.2) is 23.8 Å². The maximum atomic E-state index is 12.3. The van der Waals surface area contributed by atoms with Crippen LogP contribution in [0, 0.1) is 0 Å². The molecule has 130 valence electrons. The third-order valence-electron chi connectivity index (χ3n) is 3.18. The van der Waals surface area contributed by atoms with Crippen LogP contribution in [0.5, 0.6) is 5.75 Å². The minimum Gasteiger partial charge on any atom is -0.467 e. The SMILES string of the molecule is CC(CC(O)c1ccco1)NC(=O)Nc1ccccc1OC(F)F. The molecule has 0 spiro atoms. The first-order chi connectivity index (χ1) is 11.5. The van der Waals surface area contributed by atoms with Crippen LogP contribution >= 0.6 is 0 Å². The molecule has 1 aromatic heterocycles. The number of aliphatic hydroxyl groups excluding tert-OH is 1. The van der Waals surface area contributed by atoms with Crippen LogP contribution in [0.3, 0.4) is 0 Å². The Labute approximate surface area is 137 Å². The van der Waals surface area contributed by atoms with Crippen LogP contribution in [0.25, 0.3) is 0 Å². The smallest absolute Gasteiger partial charge is 0.387 e. The summed E-state index contributed by atoms with van der Waals surface area (Å²) in [5.74, 6) is 0.269. The fourth-order valence-electron chi connectivity index (χ4n) is 2.14. The molecular weight excluding hydrogens is 322 g/mol. The van der Waals surface area contributed by atoms with Gasteiger partial charge in [0.05, 0.1) is 12.0 Å². The van der Waals surface area contributed by atoms with Crippen LogP contribution in [0.15, 0.2) is 47.1 Å². The molecular formula is C16H18F2N2O4. The number of aliphatic hydroxyl groups is 1. The lowest BCUT2D eigenvalue weighted by Crippen LogP contribution is -2.37. The fourth-order valence-corrected chi connectivity index (χ4v) is 2.14.